The fraction of sp³-hybridized carbons (Fsp3) is 0.111. The molecule has 3 heteroatoms. The Morgan fingerprint density at radius 2 is 1.57 bits per heavy atom. The van der Waals surface area contributed by atoms with Crippen molar-refractivity contribution in [2.45, 2.75) is 6.04 Å². The molecule has 0 saturated carbocycles. The molecule has 3 aromatic rings. The first-order chi connectivity index (χ1) is 10.2. The first-order valence-electron chi connectivity index (χ1n) is 6.77. The van der Waals surface area contributed by atoms with Crippen molar-refractivity contribution in [1.82, 2.24) is 0 Å². The molecule has 0 radical (unpaired) electrons. The third-order valence-electron chi connectivity index (χ3n) is 3.71. The first-order valence-corrected chi connectivity index (χ1v) is 7.56. The highest BCUT2D eigenvalue weighted by molar-refractivity contribution is 9.10. The third kappa shape index (κ3) is 2.67. The summed E-state index contributed by atoms with van der Waals surface area (Å²) in [5, 5.41) is 2.36. The topological polar surface area (TPSA) is 35.2 Å². The smallest absolute Gasteiger partial charge is 0.118 e. The molecule has 0 aromatic heterocycles. The molecular weight excluding hydrogens is 326 g/mol. The maximum absolute atomic E-state index is 6.47. The van der Waals surface area contributed by atoms with Gasteiger partial charge in [0.25, 0.3) is 0 Å². The molecule has 0 heterocycles. The summed E-state index contributed by atoms with van der Waals surface area (Å²) in [5.74, 6) is 0.839. The Morgan fingerprint density at radius 1 is 0.905 bits per heavy atom. The number of hydrogen-bond donors (Lipinski definition) is 1. The Kier molecular flexibility index (Phi) is 3.95. The van der Waals surface area contributed by atoms with Gasteiger partial charge < -0.3 is 10.5 Å². The van der Waals surface area contributed by atoms with E-state index in [4.69, 9.17) is 10.5 Å². The molecule has 0 amide bonds. The fourth-order valence-corrected chi connectivity index (χ4v) is 3.03. The van der Waals surface area contributed by atoms with E-state index in [1.165, 1.54) is 10.8 Å². The molecule has 2 N–H and O–H groups in total. The van der Waals surface area contributed by atoms with Crippen molar-refractivity contribution in [2.24, 2.45) is 5.73 Å². The van der Waals surface area contributed by atoms with Gasteiger partial charge in [-0.1, -0.05) is 58.4 Å². The van der Waals surface area contributed by atoms with E-state index in [9.17, 15) is 0 Å². The third-order valence-corrected chi connectivity index (χ3v) is 4.41. The summed E-state index contributed by atoms with van der Waals surface area (Å²) in [6, 6.07) is 20.2. The van der Waals surface area contributed by atoms with Crippen molar-refractivity contribution in [3.8, 4) is 5.75 Å². The van der Waals surface area contributed by atoms with Crippen LogP contribution in [-0.2, 0) is 0 Å². The van der Waals surface area contributed by atoms with E-state index in [2.05, 4.69) is 40.2 Å². The summed E-state index contributed by atoms with van der Waals surface area (Å²) in [4.78, 5) is 0. The van der Waals surface area contributed by atoms with Crippen LogP contribution in [0.1, 0.15) is 17.2 Å². The average Bonchev–Trinajstić information content (AvgIpc) is 2.55. The number of ether oxygens (including phenoxy) is 1. The van der Waals surface area contributed by atoms with Crippen molar-refractivity contribution < 1.29 is 4.74 Å². The molecule has 21 heavy (non-hydrogen) atoms. The van der Waals surface area contributed by atoms with Gasteiger partial charge in [0.1, 0.15) is 5.75 Å². The van der Waals surface area contributed by atoms with E-state index >= 15 is 0 Å². The van der Waals surface area contributed by atoms with E-state index in [-0.39, 0.29) is 6.04 Å². The Bertz CT molecular complexity index is 768. The molecule has 0 aliphatic carbocycles. The standard InChI is InChI=1S/C18H16BrNO/c1-21-13-8-6-12(7-9-13)18(20)16-10-11-17(19)15-5-3-2-4-14(15)16/h2-11,18H,20H2,1H3. The van der Waals surface area contributed by atoms with Crippen LogP contribution in [-0.4, -0.2) is 7.11 Å². The lowest BCUT2D eigenvalue weighted by atomic mass is 9.94. The normalized spacial score (nSPS) is 12.3. The summed E-state index contributed by atoms with van der Waals surface area (Å²) in [7, 11) is 1.66. The number of nitrogens with two attached hydrogens (primary N) is 1. The number of fused-ring (bicyclic) bond motifs is 1. The maximum Gasteiger partial charge on any atom is 0.118 e. The van der Waals surface area contributed by atoms with E-state index in [0.717, 1.165) is 21.3 Å². The number of hydrogen-bond acceptors (Lipinski definition) is 2. The molecule has 0 spiro atoms. The Balaban J connectivity index is 2.08. The fourth-order valence-electron chi connectivity index (χ4n) is 2.55. The first kappa shape index (κ1) is 14.1. The van der Waals surface area contributed by atoms with Crippen LogP contribution in [0.5, 0.6) is 5.75 Å². The minimum atomic E-state index is -0.158. The van der Waals surface area contributed by atoms with E-state index < -0.39 is 0 Å². The van der Waals surface area contributed by atoms with Gasteiger partial charge in [-0.3, -0.25) is 0 Å². The average molecular weight is 342 g/mol. The van der Waals surface area contributed by atoms with E-state index in [1.807, 2.05) is 36.4 Å². The van der Waals surface area contributed by atoms with Crippen molar-refractivity contribution in [3.63, 3.8) is 0 Å². The number of rotatable bonds is 3. The second kappa shape index (κ2) is 5.88. The van der Waals surface area contributed by atoms with Gasteiger partial charge in [-0.05, 0) is 40.1 Å². The summed E-state index contributed by atoms with van der Waals surface area (Å²) in [6.45, 7) is 0. The zero-order valence-electron chi connectivity index (χ0n) is 11.7. The van der Waals surface area contributed by atoms with Gasteiger partial charge in [-0.15, -0.1) is 0 Å². The predicted octanol–water partition coefficient (Wildman–Crippen LogP) is 4.66. The minimum Gasteiger partial charge on any atom is -0.497 e. The van der Waals surface area contributed by atoms with E-state index in [1.54, 1.807) is 7.11 Å². The quantitative estimate of drug-likeness (QED) is 0.751. The van der Waals surface area contributed by atoms with Crippen molar-refractivity contribution in [1.29, 1.82) is 0 Å². The largest absolute Gasteiger partial charge is 0.497 e. The molecule has 3 aromatic carbocycles. The molecule has 0 bridgehead atoms. The van der Waals surface area contributed by atoms with Crippen LogP contribution in [0, 0.1) is 0 Å². The predicted molar refractivity (Wildman–Crippen MR) is 90.7 cm³/mol. The molecule has 1 atom stereocenters. The maximum atomic E-state index is 6.47. The summed E-state index contributed by atoms with van der Waals surface area (Å²) in [5.41, 5.74) is 8.66. The Labute approximate surface area is 132 Å². The van der Waals surface area contributed by atoms with Gasteiger partial charge >= 0.3 is 0 Å². The SMILES string of the molecule is COc1ccc(C(N)c2ccc(Br)c3ccccc23)cc1. The molecular formula is C18H16BrNO. The van der Waals surface area contributed by atoms with Crippen molar-refractivity contribution in [3.05, 3.63) is 76.3 Å². The molecule has 0 aliphatic heterocycles. The van der Waals surface area contributed by atoms with Gasteiger partial charge in [0.05, 0.1) is 13.2 Å². The van der Waals surface area contributed by atoms with Gasteiger partial charge in [-0.25, -0.2) is 0 Å². The lowest BCUT2D eigenvalue weighted by molar-refractivity contribution is 0.414. The number of benzene rings is 3. The van der Waals surface area contributed by atoms with Crippen molar-refractivity contribution >= 4 is 26.7 Å². The highest BCUT2D eigenvalue weighted by Gasteiger charge is 2.13. The second-order valence-electron chi connectivity index (χ2n) is 4.93. The van der Waals surface area contributed by atoms with Crippen molar-refractivity contribution in [2.75, 3.05) is 7.11 Å². The number of halogens is 1. The molecule has 0 fully saturated rings. The lowest BCUT2D eigenvalue weighted by Crippen LogP contribution is -2.12. The summed E-state index contributed by atoms with van der Waals surface area (Å²) in [6.07, 6.45) is 0. The zero-order valence-corrected chi connectivity index (χ0v) is 13.3. The van der Waals surface area contributed by atoms with Gasteiger partial charge in [0, 0.05) is 4.47 Å². The zero-order chi connectivity index (χ0) is 14.8. The van der Waals surface area contributed by atoms with Crippen LogP contribution in [0.15, 0.2) is 65.1 Å². The van der Waals surface area contributed by atoms with Gasteiger partial charge in [0.2, 0.25) is 0 Å². The van der Waals surface area contributed by atoms with Gasteiger partial charge in [0.15, 0.2) is 0 Å². The molecule has 0 saturated heterocycles. The molecule has 2 nitrogen and oxygen atoms in total. The van der Waals surface area contributed by atoms with Gasteiger partial charge in [-0.2, -0.15) is 0 Å². The van der Waals surface area contributed by atoms with E-state index in [0.29, 0.717) is 0 Å². The molecule has 0 aliphatic rings. The molecule has 3 rings (SSSR count). The molecule has 106 valence electrons. The van der Waals surface area contributed by atoms with Crippen LogP contribution >= 0.6 is 15.9 Å². The summed E-state index contributed by atoms with van der Waals surface area (Å²) >= 11 is 3.60. The molecule has 1 unspecified atom stereocenters. The van der Waals surface area contributed by atoms with Crippen LogP contribution in [0.3, 0.4) is 0 Å². The van der Waals surface area contributed by atoms with Crippen LogP contribution in [0.2, 0.25) is 0 Å². The Morgan fingerprint density at radius 3 is 2.24 bits per heavy atom. The summed E-state index contributed by atoms with van der Waals surface area (Å²) < 4.78 is 6.28. The van der Waals surface area contributed by atoms with Crippen LogP contribution in [0.25, 0.3) is 10.8 Å². The lowest BCUT2D eigenvalue weighted by Gasteiger charge is -2.16. The monoisotopic (exact) mass is 341 g/mol. The number of methoxy groups -OCH3 is 1. The second-order valence-corrected chi connectivity index (χ2v) is 5.79. The highest BCUT2D eigenvalue weighted by Crippen LogP contribution is 2.32. The van der Waals surface area contributed by atoms with Crippen LogP contribution in [0.4, 0.5) is 0 Å². The van der Waals surface area contributed by atoms with Crippen LogP contribution < -0.4 is 10.5 Å². The minimum absolute atomic E-state index is 0.158. The highest BCUT2D eigenvalue weighted by atomic mass is 79.9. The Hall–Kier alpha value is -1.84.